The van der Waals surface area contributed by atoms with Crippen LogP contribution in [0.1, 0.15) is 46.4 Å². The van der Waals surface area contributed by atoms with E-state index in [1.165, 1.54) is 35.0 Å². The van der Waals surface area contributed by atoms with Crippen molar-refractivity contribution in [3.05, 3.63) is 141 Å². The molecule has 1 aliphatic heterocycles. The van der Waals surface area contributed by atoms with Crippen LogP contribution in [-0.4, -0.2) is 74.7 Å². The highest BCUT2D eigenvalue weighted by molar-refractivity contribution is 5.79. The first kappa shape index (κ1) is 39.5. The zero-order valence-corrected chi connectivity index (χ0v) is 30.7. The third-order valence-corrected chi connectivity index (χ3v) is 10.1. The van der Waals surface area contributed by atoms with Crippen LogP contribution in [0.15, 0.2) is 90.0 Å². The van der Waals surface area contributed by atoms with Gasteiger partial charge in [0.15, 0.2) is 11.6 Å². The van der Waals surface area contributed by atoms with Crippen molar-refractivity contribution in [2.45, 2.75) is 57.4 Å². The number of methoxy groups -OCH3 is 1. The molecule has 0 aliphatic carbocycles. The van der Waals surface area contributed by atoms with Gasteiger partial charge in [-0.1, -0.05) is 48.5 Å². The molecule has 3 heterocycles. The molecule has 1 saturated heterocycles. The molecule has 9 nitrogen and oxygen atoms in total. The van der Waals surface area contributed by atoms with Gasteiger partial charge in [0.05, 0.1) is 37.0 Å². The van der Waals surface area contributed by atoms with E-state index in [2.05, 4.69) is 15.1 Å². The van der Waals surface area contributed by atoms with Crippen LogP contribution in [0.4, 0.5) is 22.0 Å². The number of aromatic nitrogens is 4. The third kappa shape index (κ3) is 10.1. The van der Waals surface area contributed by atoms with E-state index in [-0.39, 0.29) is 49.9 Å². The largest absolute Gasteiger partial charge is 0.416 e. The fraction of sp³-hybridized carbons (Fsp3) is 0.366. The van der Waals surface area contributed by atoms with Gasteiger partial charge >= 0.3 is 6.18 Å². The zero-order chi connectivity index (χ0) is 39.1. The van der Waals surface area contributed by atoms with E-state index in [1.54, 1.807) is 31.2 Å². The Labute approximate surface area is 316 Å². The predicted molar refractivity (Wildman–Crippen MR) is 197 cm³/mol. The first-order valence-electron chi connectivity index (χ1n) is 18.2. The Morgan fingerprint density at radius 3 is 2.24 bits per heavy atom. The molecular formula is C41H43F5N6O3. The number of benzene rings is 3. The SMILES string of the molecule is COCCN1CCC(N(Cc2ccc(-c3ccc(C(F)(F)F)cc3)cc2)C(=O)Cc2nn(Cc3cnn(C)c3)c(=O)cc2CCc2cccc(F)c2F)CC1. The molecule has 0 saturated carbocycles. The maximum absolute atomic E-state index is 14.6. The molecule has 14 heteroatoms. The van der Waals surface area contributed by atoms with Crippen LogP contribution >= 0.6 is 0 Å². The van der Waals surface area contributed by atoms with Crippen LogP contribution in [0.25, 0.3) is 11.1 Å². The molecule has 55 heavy (non-hydrogen) atoms. The number of carbonyl (C=O) groups is 1. The van der Waals surface area contributed by atoms with Crippen molar-refractivity contribution < 1.29 is 31.5 Å². The van der Waals surface area contributed by atoms with Crippen LogP contribution in [0.2, 0.25) is 0 Å². The Morgan fingerprint density at radius 2 is 1.60 bits per heavy atom. The van der Waals surface area contributed by atoms with Gasteiger partial charge in [-0.15, -0.1) is 0 Å². The molecule has 0 unspecified atom stereocenters. The minimum absolute atomic E-state index is 0.0907. The molecule has 0 radical (unpaired) electrons. The van der Waals surface area contributed by atoms with Crippen LogP contribution in [0.3, 0.4) is 0 Å². The van der Waals surface area contributed by atoms with Crippen molar-refractivity contribution in [3.8, 4) is 11.1 Å². The zero-order valence-electron chi connectivity index (χ0n) is 30.7. The summed E-state index contributed by atoms with van der Waals surface area (Å²) < 4.78 is 76.2. The Balaban J connectivity index is 1.28. The van der Waals surface area contributed by atoms with E-state index in [9.17, 15) is 31.5 Å². The van der Waals surface area contributed by atoms with Gasteiger partial charge in [-0.05, 0) is 71.7 Å². The summed E-state index contributed by atoms with van der Waals surface area (Å²) in [6.07, 6.45) is 0.520. The average Bonchev–Trinajstić information content (AvgIpc) is 3.59. The van der Waals surface area contributed by atoms with E-state index < -0.39 is 28.9 Å². The number of ether oxygens (including phenoxy) is 1. The van der Waals surface area contributed by atoms with Crippen molar-refractivity contribution in [1.82, 2.24) is 29.4 Å². The highest BCUT2D eigenvalue weighted by Crippen LogP contribution is 2.31. The Kier molecular flexibility index (Phi) is 12.6. The average molecular weight is 763 g/mol. The molecule has 0 bridgehead atoms. The smallest absolute Gasteiger partial charge is 0.383 e. The van der Waals surface area contributed by atoms with Gasteiger partial charge in [0, 0.05) is 64.2 Å². The molecule has 1 amide bonds. The lowest BCUT2D eigenvalue weighted by atomic mass is 9.98. The van der Waals surface area contributed by atoms with Crippen molar-refractivity contribution in [1.29, 1.82) is 0 Å². The summed E-state index contributed by atoms with van der Waals surface area (Å²) in [5, 5.41) is 8.85. The summed E-state index contributed by atoms with van der Waals surface area (Å²) in [6.45, 7) is 3.31. The normalized spacial score (nSPS) is 14.0. The van der Waals surface area contributed by atoms with Gasteiger partial charge in [0.1, 0.15) is 0 Å². The topological polar surface area (TPSA) is 85.5 Å². The van der Waals surface area contributed by atoms with Crippen LogP contribution < -0.4 is 5.56 Å². The lowest BCUT2D eigenvalue weighted by molar-refractivity contribution is -0.137. The third-order valence-electron chi connectivity index (χ3n) is 10.1. The molecule has 290 valence electrons. The quantitative estimate of drug-likeness (QED) is 0.121. The molecule has 1 aliphatic rings. The number of piperidine rings is 1. The molecule has 5 aromatic rings. The number of amides is 1. The fourth-order valence-corrected chi connectivity index (χ4v) is 6.97. The van der Waals surface area contributed by atoms with Crippen molar-refractivity contribution >= 4 is 5.91 Å². The predicted octanol–water partition coefficient (Wildman–Crippen LogP) is 6.46. The Hall–Kier alpha value is -5.21. The van der Waals surface area contributed by atoms with Crippen LogP contribution in [0.5, 0.6) is 0 Å². The summed E-state index contributed by atoms with van der Waals surface area (Å²) >= 11 is 0. The molecule has 6 rings (SSSR count). The molecule has 3 aromatic carbocycles. The highest BCUT2D eigenvalue weighted by Gasteiger charge is 2.31. The minimum atomic E-state index is -4.43. The number of alkyl halides is 3. The molecule has 1 fully saturated rings. The summed E-state index contributed by atoms with van der Waals surface area (Å²) in [4.78, 5) is 32.0. The fourth-order valence-electron chi connectivity index (χ4n) is 6.97. The number of rotatable bonds is 14. The number of nitrogens with zero attached hydrogens (tertiary/aromatic N) is 6. The Bertz CT molecular complexity index is 2120. The summed E-state index contributed by atoms with van der Waals surface area (Å²) in [7, 11) is 3.42. The van der Waals surface area contributed by atoms with Crippen LogP contribution in [0, 0.1) is 11.6 Å². The second kappa shape index (κ2) is 17.5. The number of likely N-dealkylation sites (tertiary alicyclic amines) is 1. The lowest BCUT2D eigenvalue weighted by Gasteiger charge is -2.38. The van der Waals surface area contributed by atoms with E-state index >= 15 is 0 Å². The van der Waals surface area contributed by atoms with Crippen molar-refractivity contribution in [2.24, 2.45) is 7.05 Å². The first-order valence-corrected chi connectivity index (χ1v) is 18.2. The maximum Gasteiger partial charge on any atom is 0.416 e. The molecule has 0 spiro atoms. The van der Waals surface area contributed by atoms with Gasteiger partial charge in [0.25, 0.3) is 5.56 Å². The van der Waals surface area contributed by atoms with Gasteiger partial charge < -0.3 is 14.5 Å². The highest BCUT2D eigenvalue weighted by atomic mass is 19.4. The summed E-state index contributed by atoms with van der Waals surface area (Å²) in [5.41, 5.74) is 2.82. The lowest BCUT2D eigenvalue weighted by Crippen LogP contribution is -2.48. The van der Waals surface area contributed by atoms with E-state index in [0.717, 1.165) is 67.4 Å². The van der Waals surface area contributed by atoms with Crippen molar-refractivity contribution in [3.63, 3.8) is 0 Å². The molecule has 0 atom stereocenters. The maximum atomic E-state index is 14.6. The number of halogens is 5. The molecule has 2 aromatic heterocycles. The van der Waals surface area contributed by atoms with E-state index in [4.69, 9.17) is 4.74 Å². The van der Waals surface area contributed by atoms with Gasteiger partial charge in [0.2, 0.25) is 5.91 Å². The van der Waals surface area contributed by atoms with Gasteiger partial charge in [-0.3, -0.25) is 14.3 Å². The van der Waals surface area contributed by atoms with E-state index in [1.807, 2.05) is 29.2 Å². The van der Waals surface area contributed by atoms with Crippen molar-refractivity contribution in [2.75, 3.05) is 33.4 Å². The molecule has 0 N–H and O–H groups in total. The minimum Gasteiger partial charge on any atom is -0.383 e. The number of hydrogen-bond donors (Lipinski definition) is 0. The standard InChI is InChI=1S/C41H43F5N6O3/c1-49-25-29(24-47-49)27-52-39(54)22-33(11-10-32-4-3-5-36(42)40(32)43)37(48-52)23-38(53)51(35-16-18-50(19-17-35)20-21-55-2)26-28-6-8-30(9-7-28)31-12-14-34(15-13-31)41(44,45)46/h3-9,12-15,22,24-25,35H,10-11,16-21,23,26-27H2,1-2H3. The number of carbonyl (C=O) groups excluding carboxylic acids is 1. The number of hydrogen-bond acceptors (Lipinski definition) is 6. The second-order valence-corrected chi connectivity index (χ2v) is 13.9. The Morgan fingerprint density at radius 1 is 0.927 bits per heavy atom. The van der Waals surface area contributed by atoms with Gasteiger partial charge in [-0.2, -0.15) is 23.4 Å². The second-order valence-electron chi connectivity index (χ2n) is 13.9. The molecular weight excluding hydrogens is 719 g/mol. The summed E-state index contributed by atoms with van der Waals surface area (Å²) in [5.74, 6) is -2.13. The van der Waals surface area contributed by atoms with E-state index in [0.29, 0.717) is 23.4 Å². The monoisotopic (exact) mass is 762 g/mol. The summed E-state index contributed by atoms with van der Waals surface area (Å²) in [6, 6.07) is 17.6. The van der Waals surface area contributed by atoms with Crippen LogP contribution in [-0.2, 0) is 55.1 Å². The number of aryl methyl sites for hydroxylation is 3. The van der Waals surface area contributed by atoms with Gasteiger partial charge in [-0.25, -0.2) is 13.5 Å². The first-order chi connectivity index (χ1) is 26.4.